The van der Waals surface area contributed by atoms with Gasteiger partial charge >= 0.3 is 6.09 Å². The molecular formula is C15H19BrN2O3. The number of carboxylic acid groups (broad SMARTS) is 1. The van der Waals surface area contributed by atoms with Crippen LogP contribution in [0.2, 0.25) is 0 Å². The minimum atomic E-state index is -0.879. The Hall–Kier alpha value is -1.56. The molecule has 0 aliphatic carbocycles. The fraction of sp³-hybridized carbons (Fsp3) is 0.467. The summed E-state index contributed by atoms with van der Waals surface area (Å²) < 4.78 is 0.951. The van der Waals surface area contributed by atoms with Crippen LogP contribution in [-0.2, 0) is 0 Å². The van der Waals surface area contributed by atoms with E-state index in [1.54, 1.807) is 11.9 Å². The largest absolute Gasteiger partial charge is 0.465 e. The topological polar surface area (TPSA) is 60.9 Å². The van der Waals surface area contributed by atoms with Crippen LogP contribution in [-0.4, -0.2) is 53.6 Å². The summed E-state index contributed by atoms with van der Waals surface area (Å²) in [4.78, 5) is 26.5. The van der Waals surface area contributed by atoms with Gasteiger partial charge in [0, 0.05) is 36.7 Å². The molecule has 1 N–H and O–H groups in total. The molecule has 114 valence electrons. The van der Waals surface area contributed by atoms with Crippen molar-refractivity contribution in [2.45, 2.75) is 13.3 Å². The van der Waals surface area contributed by atoms with Crippen molar-refractivity contribution < 1.29 is 14.7 Å². The van der Waals surface area contributed by atoms with Gasteiger partial charge in [0.2, 0.25) is 0 Å². The van der Waals surface area contributed by atoms with E-state index >= 15 is 0 Å². The number of benzene rings is 1. The summed E-state index contributed by atoms with van der Waals surface area (Å²) in [6.07, 6.45) is -0.0706. The van der Waals surface area contributed by atoms with Gasteiger partial charge in [0.05, 0.1) is 0 Å². The van der Waals surface area contributed by atoms with Gasteiger partial charge in [-0.3, -0.25) is 4.79 Å². The van der Waals surface area contributed by atoms with Crippen LogP contribution in [0.3, 0.4) is 0 Å². The molecule has 2 amide bonds. The maximum Gasteiger partial charge on any atom is 0.407 e. The minimum Gasteiger partial charge on any atom is -0.465 e. The molecule has 1 aromatic carbocycles. The van der Waals surface area contributed by atoms with Crippen LogP contribution in [0.4, 0.5) is 4.79 Å². The Labute approximate surface area is 132 Å². The highest BCUT2D eigenvalue weighted by molar-refractivity contribution is 9.10. The van der Waals surface area contributed by atoms with Crippen molar-refractivity contribution in [3.05, 3.63) is 33.8 Å². The van der Waals surface area contributed by atoms with Gasteiger partial charge in [-0.25, -0.2) is 4.79 Å². The lowest BCUT2D eigenvalue weighted by Gasteiger charge is -2.22. The summed E-state index contributed by atoms with van der Waals surface area (Å²) in [6, 6.07) is 5.59. The number of nitrogens with zero attached hydrogens (tertiary/aromatic N) is 2. The molecule has 1 aromatic rings. The van der Waals surface area contributed by atoms with Gasteiger partial charge in [-0.1, -0.05) is 15.9 Å². The van der Waals surface area contributed by atoms with E-state index < -0.39 is 6.09 Å². The molecular weight excluding hydrogens is 336 g/mol. The quantitative estimate of drug-likeness (QED) is 0.907. The Morgan fingerprint density at radius 1 is 1.48 bits per heavy atom. The molecule has 1 saturated heterocycles. The van der Waals surface area contributed by atoms with Crippen LogP contribution in [0.1, 0.15) is 22.3 Å². The molecule has 1 aliphatic rings. The monoisotopic (exact) mass is 354 g/mol. The molecule has 2 rings (SSSR count). The normalized spacial score (nSPS) is 17.9. The molecule has 1 aliphatic heterocycles. The van der Waals surface area contributed by atoms with Crippen molar-refractivity contribution in [2.24, 2.45) is 5.92 Å². The molecule has 0 unspecified atom stereocenters. The summed E-state index contributed by atoms with van der Waals surface area (Å²) in [5.74, 6) is 0.194. The van der Waals surface area contributed by atoms with Crippen LogP contribution in [0.5, 0.6) is 0 Å². The first-order valence-electron chi connectivity index (χ1n) is 6.88. The molecule has 6 heteroatoms. The standard InChI is InChI=1S/C15H19BrN2O3/c1-10-7-12(16)3-4-13(10)14(19)17(2)8-11-5-6-18(9-11)15(20)21/h3-4,7,11H,5-6,8-9H2,1-2H3,(H,20,21)/t11-/m0/s1. The molecule has 0 aromatic heterocycles. The molecule has 0 spiro atoms. The summed E-state index contributed by atoms with van der Waals surface area (Å²) >= 11 is 3.39. The van der Waals surface area contributed by atoms with E-state index in [0.29, 0.717) is 25.2 Å². The van der Waals surface area contributed by atoms with Crippen LogP contribution in [0.15, 0.2) is 22.7 Å². The van der Waals surface area contributed by atoms with Crippen LogP contribution < -0.4 is 0 Å². The summed E-state index contributed by atoms with van der Waals surface area (Å²) in [7, 11) is 1.77. The number of hydrogen-bond donors (Lipinski definition) is 1. The van der Waals surface area contributed by atoms with Crippen molar-refractivity contribution in [2.75, 3.05) is 26.7 Å². The third-order valence-corrected chi connectivity index (χ3v) is 4.35. The maximum absolute atomic E-state index is 12.5. The van der Waals surface area contributed by atoms with Gasteiger partial charge in [0.25, 0.3) is 5.91 Å². The number of carbonyl (C=O) groups is 2. The lowest BCUT2D eigenvalue weighted by Crippen LogP contribution is -2.34. The van der Waals surface area contributed by atoms with Crippen molar-refractivity contribution in [1.82, 2.24) is 9.80 Å². The first-order chi connectivity index (χ1) is 9.88. The van der Waals surface area contributed by atoms with Crippen LogP contribution >= 0.6 is 15.9 Å². The summed E-state index contributed by atoms with van der Waals surface area (Å²) in [5, 5.41) is 8.96. The highest BCUT2D eigenvalue weighted by Gasteiger charge is 2.28. The molecule has 1 atom stereocenters. The van der Waals surface area contributed by atoms with Crippen molar-refractivity contribution in [3.8, 4) is 0 Å². The zero-order valence-electron chi connectivity index (χ0n) is 12.2. The Morgan fingerprint density at radius 2 is 2.19 bits per heavy atom. The fourth-order valence-electron chi connectivity index (χ4n) is 2.70. The van der Waals surface area contributed by atoms with E-state index in [0.717, 1.165) is 16.5 Å². The van der Waals surface area contributed by atoms with E-state index in [1.165, 1.54) is 4.90 Å². The van der Waals surface area contributed by atoms with E-state index in [9.17, 15) is 9.59 Å². The Morgan fingerprint density at radius 3 is 2.76 bits per heavy atom. The molecule has 21 heavy (non-hydrogen) atoms. The number of rotatable bonds is 3. The SMILES string of the molecule is Cc1cc(Br)ccc1C(=O)N(C)C[C@@H]1CCN(C(=O)O)C1. The number of likely N-dealkylation sites (tertiary alicyclic amines) is 1. The van der Waals surface area contributed by atoms with Gasteiger partial charge < -0.3 is 14.9 Å². The van der Waals surface area contributed by atoms with E-state index in [1.807, 2.05) is 25.1 Å². The Bertz CT molecular complexity index is 562. The number of carbonyl (C=O) groups excluding carboxylic acids is 1. The van der Waals surface area contributed by atoms with Crippen LogP contribution in [0, 0.1) is 12.8 Å². The molecule has 0 bridgehead atoms. The average molecular weight is 355 g/mol. The zero-order chi connectivity index (χ0) is 15.6. The van der Waals surface area contributed by atoms with E-state index in [-0.39, 0.29) is 11.8 Å². The number of amides is 2. The van der Waals surface area contributed by atoms with E-state index in [2.05, 4.69) is 15.9 Å². The lowest BCUT2D eigenvalue weighted by atomic mass is 10.1. The van der Waals surface area contributed by atoms with Crippen molar-refractivity contribution >= 4 is 27.9 Å². The van der Waals surface area contributed by atoms with Gasteiger partial charge in [-0.05, 0) is 43.0 Å². The second-order valence-corrected chi connectivity index (χ2v) is 6.44. The number of hydrogen-bond acceptors (Lipinski definition) is 2. The maximum atomic E-state index is 12.5. The first kappa shape index (κ1) is 15.8. The van der Waals surface area contributed by atoms with Gasteiger partial charge in [0.1, 0.15) is 0 Å². The second kappa shape index (κ2) is 6.47. The predicted molar refractivity (Wildman–Crippen MR) is 83.5 cm³/mol. The first-order valence-corrected chi connectivity index (χ1v) is 7.67. The number of halogens is 1. The van der Waals surface area contributed by atoms with Crippen LogP contribution in [0.25, 0.3) is 0 Å². The number of aryl methyl sites for hydroxylation is 1. The Kier molecular flexibility index (Phi) is 4.88. The Balaban J connectivity index is 1.99. The lowest BCUT2D eigenvalue weighted by molar-refractivity contribution is 0.0773. The summed E-state index contributed by atoms with van der Waals surface area (Å²) in [6.45, 7) is 3.55. The smallest absolute Gasteiger partial charge is 0.407 e. The van der Waals surface area contributed by atoms with Gasteiger partial charge in [-0.15, -0.1) is 0 Å². The average Bonchev–Trinajstić information content (AvgIpc) is 2.86. The van der Waals surface area contributed by atoms with Gasteiger partial charge in [-0.2, -0.15) is 0 Å². The summed E-state index contributed by atoms with van der Waals surface area (Å²) in [5.41, 5.74) is 1.62. The van der Waals surface area contributed by atoms with E-state index in [4.69, 9.17) is 5.11 Å². The highest BCUT2D eigenvalue weighted by atomic mass is 79.9. The fourth-order valence-corrected chi connectivity index (χ4v) is 3.17. The van der Waals surface area contributed by atoms with Gasteiger partial charge in [0.15, 0.2) is 0 Å². The molecule has 1 fully saturated rings. The third-order valence-electron chi connectivity index (χ3n) is 3.85. The highest BCUT2D eigenvalue weighted by Crippen LogP contribution is 2.20. The zero-order valence-corrected chi connectivity index (χ0v) is 13.8. The predicted octanol–water partition coefficient (Wildman–Crippen LogP) is 2.83. The third kappa shape index (κ3) is 3.75. The molecule has 0 radical (unpaired) electrons. The molecule has 1 heterocycles. The minimum absolute atomic E-state index is 0.0197. The van der Waals surface area contributed by atoms with Crippen molar-refractivity contribution in [3.63, 3.8) is 0 Å². The molecule has 0 saturated carbocycles. The molecule has 5 nitrogen and oxygen atoms in total. The second-order valence-electron chi connectivity index (χ2n) is 5.53. The van der Waals surface area contributed by atoms with Crippen molar-refractivity contribution in [1.29, 1.82) is 0 Å².